The highest BCUT2D eigenvalue weighted by Gasteiger charge is 2.70. The molecule has 194 valence electrons. The van der Waals surface area contributed by atoms with Crippen LogP contribution in [0.4, 0.5) is 0 Å². The van der Waals surface area contributed by atoms with Crippen molar-refractivity contribution in [3.63, 3.8) is 0 Å². The van der Waals surface area contributed by atoms with Gasteiger partial charge in [-0.3, -0.25) is 4.79 Å². The first-order valence-electron chi connectivity index (χ1n) is 13.7. The van der Waals surface area contributed by atoms with Crippen LogP contribution < -0.4 is 0 Å². The predicted molar refractivity (Wildman–Crippen MR) is 133 cm³/mol. The van der Waals surface area contributed by atoms with Gasteiger partial charge >= 0.3 is 5.97 Å². The summed E-state index contributed by atoms with van der Waals surface area (Å²) in [5.41, 5.74) is -0.491. The van der Waals surface area contributed by atoms with Gasteiger partial charge < -0.3 is 20.1 Å². The van der Waals surface area contributed by atoms with Crippen molar-refractivity contribution >= 4 is 5.97 Å². The summed E-state index contributed by atoms with van der Waals surface area (Å²) in [5.74, 6) is 1.59. The third-order valence-corrected chi connectivity index (χ3v) is 11.0. The number of fused-ring (bicyclic) bond motifs is 5. The van der Waals surface area contributed by atoms with E-state index in [0.29, 0.717) is 37.0 Å². The molecule has 0 heterocycles. The minimum Gasteiger partial charge on any atom is -0.462 e. The fourth-order valence-electron chi connectivity index (χ4n) is 9.48. The molecule has 0 amide bonds. The van der Waals surface area contributed by atoms with Crippen molar-refractivity contribution in [1.82, 2.24) is 0 Å². The van der Waals surface area contributed by atoms with E-state index in [0.717, 1.165) is 19.3 Å². The van der Waals surface area contributed by atoms with Gasteiger partial charge in [-0.05, 0) is 94.3 Å². The van der Waals surface area contributed by atoms with Crippen molar-refractivity contribution in [2.24, 2.45) is 40.4 Å². The molecule has 0 radical (unpaired) electrons. The van der Waals surface area contributed by atoms with Crippen molar-refractivity contribution < 1.29 is 24.9 Å². The Balaban J connectivity index is 1.68. The molecule has 3 unspecified atom stereocenters. The maximum Gasteiger partial charge on any atom is 0.302 e. The number of ether oxygens (including phenoxy) is 1. The summed E-state index contributed by atoms with van der Waals surface area (Å²) in [6.45, 7) is 12.7. The third kappa shape index (κ3) is 4.08. The quantitative estimate of drug-likeness (QED) is 0.383. The molecule has 4 fully saturated rings. The molecule has 0 aromatic rings. The molecule has 0 saturated heterocycles. The molecule has 3 N–H and O–H groups in total. The van der Waals surface area contributed by atoms with Gasteiger partial charge in [-0.15, -0.1) is 0 Å². The van der Waals surface area contributed by atoms with Crippen LogP contribution in [0.1, 0.15) is 99.3 Å². The van der Waals surface area contributed by atoms with Gasteiger partial charge in [0, 0.05) is 24.7 Å². The van der Waals surface area contributed by atoms with E-state index in [2.05, 4.69) is 40.7 Å². The molecule has 34 heavy (non-hydrogen) atoms. The standard InChI is InChI=1S/C29H48O5/c1-17(2)8-7-9-18(3)22-10-11-23-21-14-25(32)29(33)15-20(31)12-13-28(29,6)26(21)24(34-19(4)30)16-27(22,23)5/h8,18,20-26,31-33H,7,9-16H2,1-6H3/t18-,20+,21?,22-,23?,24-,25-,26?,27-,28-,29+/m1/s1. The van der Waals surface area contributed by atoms with Gasteiger partial charge in [-0.1, -0.05) is 32.4 Å². The Hall–Kier alpha value is -0.910. The van der Waals surface area contributed by atoms with Crippen LogP contribution in [0.5, 0.6) is 0 Å². The van der Waals surface area contributed by atoms with Gasteiger partial charge in [0.2, 0.25) is 0 Å². The Morgan fingerprint density at radius 3 is 2.47 bits per heavy atom. The van der Waals surface area contributed by atoms with Crippen LogP contribution in [0, 0.1) is 40.4 Å². The van der Waals surface area contributed by atoms with Crippen LogP contribution in [0.25, 0.3) is 0 Å². The van der Waals surface area contributed by atoms with E-state index in [9.17, 15) is 20.1 Å². The minimum atomic E-state index is -1.34. The van der Waals surface area contributed by atoms with E-state index >= 15 is 0 Å². The highest BCUT2D eigenvalue weighted by Crippen LogP contribution is 2.69. The molecule has 4 rings (SSSR count). The highest BCUT2D eigenvalue weighted by atomic mass is 16.5. The molecule has 0 spiro atoms. The van der Waals surface area contributed by atoms with Gasteiger partial charge in [0.05, 0.1) is 17.8 Å². The molecule has 4 aliphatic rings. The number of carbonyl (C=O) groups excluding carboxylic acids is 1. The molecule has 4 aliphatic carbocycles. The second kappa shape index (κ2) is 9.19. The topological polar surface area (TPSA) is 87.0 Å². The predicted octanol–water partition coefficient (Wildman–Crippen LogP) is 5.02. The lowest BCUT2D eigenvalue weighted by atomic mass is 9.41. The number of hydrogen-bond donors (Lipinski definition) is 3. The van der Waals surface area contributed by atoms with Crippen molar-refractivity contribution in [1.29, 1.82) is 0 Å². The molecule has 0 aromatic heterocycles. The van der Waals surface area contributed by atoms with Gasteiger partial charge in [0.25, 0.3) is 0 Å². The Morgan fingerprint density at radius 1 is 1.12 bits per heavy atom. The molecule has 0 aliphatic heterocycles. The van der Waals surface area contributed by atoms with Crippen molar-refractivity contribution in [3.8, 4) is 0 Å². The fourth-order valence-corrected chi connectivity index (χ4v) is 9.48. The van der Waals surface area contributed by atoms with Crippen molar-refractivity contribution in [2.45, 2.75) is 123 Å². The zero-order valence-electron chi connectivity index (χ0n) is 22.2. The second-order valence-corrected chi connectivity index (χ2v) is 13.2. The number of aliphatic hydroxyl groups is 3. The molecule has 5 heteroatoms. The summed E-state index contributed by atoms with van der Waals surface area (Å²) < 4.78 is 6.09. The van der Waals surface area contributed by atoms with Crippen molar-refractivity contribution in [3.05, 3.63) is 11.6 Å². The Kier molecular flexibility index (Phi) is 7.07. The first-order chi connectivity index (χ1) is 15.8. The average molecular weight is 477 g/mol. The second-order valence-electron chi connectivity index (χ2n) is 13.2. The summed E-state index contributed by atoms with van der Waals surface area (Å²) in [6, 6.07) is 0. The first-order valence-corrected chi connectivity index (χ1v) is 13.7. The summed E-state index contributed by atoms with van der Waals surface area (Å²) in [7, 11) is 0. The van der Waals surface area contributed by atoms with Gasteiger partial charge in [-0.25, -0.2) is 0 Å². The van der Waals surface area contributed by atoms with Crippen molar-refractivity contribution in [2.75, 3.05) is 0 Å². The Morgan fingerprint density at radius 2 is 1.82 bits per heavy atom. The Bertz CT molecular complexity index is 804. The number of rotatable bonds is 5. The number of esters is 1. The highest BCUT2D eigenvalue weighted by molar-refractivity contribution is 5.66. The molecule has 0 bridgehead atoms. The van der Waals surface area contributed by atoms with Crippen LogP contribution in [0.15, 0.2) is 11.6 Å². The minimum absolute atomic E-state index is 0.00936. The summed E-state index contributed by atoms with van der Waals surface area (Å²) in [6.07, 6.45) is 8.05. The van der Waals surface area contributed by atoms with Crippen LogP contribution in [-0.2, 0) is 9.53 Å². The van der Waals surface area contributed by atoms with E-state index in [1.165, 1.54) is 25.3 Å². The van der Waals surface area contributed by atoms with Gasteiger partial charge in [-0.2, -0.15) is 0 Å². The number of allylic oxidation sites excluding steroid dienone is 2. The zero-order valence-corrected chi connectivity index (χ0v) is 22.2. The van der Waals surface area contributed by atoms with Crippen LogP contribution in [0.2, 0.25) is 0 Å². The average Bonchev–Trinajstić information content (AvgIpc) is 3.06. The first kappa shape index (κ1) is 26.2. The summed E-state index contributed by atoms with van der Waals surface area (Å²) in [4.78, 5) is 12.3. The third-order valence-electron chi connectivity index (χ3n) is 11.0. The van der Waals surface area contributed by atoms with E-state index in [-0.39, 0.29) is 35.7 Å². The smallest absolute Gasteiger partial charge is 0.302 e. The van der Waals surface area contributed by atoms with Crippen LogP contribution in [0.3, 0.4) is 0 Å². The van der Waals surface area contributed by atoms with E-state index < -0.39 is 23.2 Å². The zero-order chi connectivity index (χ0) is 25.1. The molecule has 4 saturated carbocycles. The maximum atomic E-state index is 12.3. The number of hydrogen-bond acceptors (Lipinski definition) is 5. The van der Waals surface area contributed by atoms with E-state index in [1.807, 2.05) is 0 Å². The van der Waals surface area contributed by atoms with Crippen LogP contribution >= 0.6 is 0 Å². The lowest BCUT2D eigenvalue weighted by Crippen LogP contribution is -2.71. The van der Waals surface area contributed by atoms with E-state index in [1.54, 1.807) is 0 Å². The van der Waals surface area contributed by atoms with Gasteiger partial charge in [0.1, 0.15) is 6.10 Å². The lowest BCUT2D eigenvalue weighted by molar-refractivity contribution is -0.284. The molecular formula is C29H48O5. The van der Waals surface area contributed by atoms with E-state index in [4.69, 9.17) is 4.74 Å². The largest absolute Gasteiger partial charge is 0.462 e. The van der Waals surface area contributed by atoms with Gasteiger partial charge in [0.15, 0.2) is 0 Å². The molecular weight excluding hydrogens is 428 g/mol. The Labute approximate surface area is 206 Å². The number of carbonyl (C=O) groups is 1. The molecule has 11 atom stereocenters. The fraction of sp³-hybridized carbons (Fsp3) is 0.897. The lowest BCUT2D eigenvalue weighted by Gasteiger charge is -2.66. The monoisotopic (exact) mass is 476 g/mol. The molecule has 0 aromatic carbocycles. The maximum absolute atomic E-state index is 12.3. The SMILES string of the molecule is CC(=O)O[C@@H]1C[C@@]2(C)C(CC[C@@H]2[C@H](C)CCC=C(C)C)C2C[C@@H](O)[C@@]3(O)C[C@@H](O)CC[C@]3(C)C21. The van der Waals surface area contributed by atoms with Crippen LogP contribution in [-0.4, -0.2) is 45.2 Å². The normalized spacial score (nSPS) is 48.8. The molecule has 5 nitrogen and oxygen atoms in total. The number of aliphatic hydroxyl groups excluding tert-OH is 2. The summed E-state index contributed by atoms with van der Waals surface area (Å²) in [5, 5.41) is 33.5. The summed E-state index contributed by atoms with van der Waals surface area (Å²) >= 11 is 0.